The largest absolute Gasteiger partial charge is 0.495 e. The third-order valence-electron chi connectivity index (χ3n) is 5.53. The Morgan fingerprint density at radius 3 is 2.43 bits per heavy atom. The molecule has 3 aromatic carbocycles. The zero-order valence-corrected chi connectivity index (χ0v) is 20.1. The number of halogens is 3. The maximum atomic E-state index is 14.5. The van der Waals surface area contributed by atoms with Crippen molar-refractivity contribution >= 4 is 23.2 Å². The molecule has 0 radical (unpaired) electrons. The van der Waals surface area contributed by atoms with E-state index >= 15 is 0 Å². The number of ether oxygens (including phenoxy) is 1. The highest BCUT2D eigenvalue weighted by Gasteiger charge is 2.21. The Bertz CT molecular complexity index is 1470. The van der Waals surface area contributed by atoms with Gasteiger partial charge in [-0.3, -0.25) is 9.36 Å². The number of nitrogens with two attached hydrogens (primary N) is 1. The molecule has 4 aromatic rings. The zero-order chi connectivity index (χ0) is 25.1. The van der Waals surface area contributed by atoms with Crippen molar-refractivity contribution in [2.75, 3.05) is 7.11 Å². The molecule has 1 unspecified atom stereocenters. The minimum absolute atomic E-state index is 0.0830. The Balaban J connectivity index is 1.91. The van der Waals surface area contributed by atoms with Gasteiger partial charge in [0.05, 0.1) is 19.3 Å². The fraction of sp³-hybridized carbons (Fsp3) is 0.160. The summed E-state index contributed by atoms with van der Waals surface area (Å²) in [5, 5.41) is 4.52. The van der Waals surface area contributed by atoms with Crippen molar-refractivity contribution in [3.63, 3.8) is 0 Å². The SMILES string of the molecule is COc1cccc(-n2nc(Cc3c(F)cccc3Cl)c(=O)n(CC(N)c3ccccc3)c2=O)c1Cl. The smallest absolute Gasteiger partial charge is 0.352 e. The van der Waals surface area contributed by atoms with Gasteiger partial charge in [0.15, 0.2) is 0 Å². The fourth-order valence-electron chi connectivity index (χ4n) is 3.68. The van der Waals surface area contributed by atoms with Gasteiger partial charge in [-0.1, -0.05) is 65.7 Å². The Morgan fingerprint density at radius 1 is 1.03 bits per heavy atom. The van der Waals surface area contributed by atoms with Gasteiger partial charge in [0.25, 0.3) is 5.56 Å². The molecule has 4 rings (SSSR count). The molecule has 1 aromatic heterocycles. The van der Waals surface area contributed by atoms with E-state index in [0.29, 0.717) is 5.75 Å². The van der Waals surface area contributed by atoms with Crippen LogP contribution in [0, 0.1) is 5.82 Å². The molecule has 0 fully saturated rings. The van der Waals surface area contributed by atoms with Gasteiger partial charge >= 0.3 is 5.69 Å². The van der Waals surface area contributed by atoms with E-state index in [1.807, 2.05) is 18.2 Å². The van der Waals surface area contributed by atoms with Gasteiger partial charge < -0.3 is 10.5 Å². The van der Waals surface area contributed by atoms with E-state index in [0.717, 1.165) is 14.8 Å². The number of benzene rings is 3. The van der Waals surface area contributed by atoms with E-state index in [4.69, 9.17) is 33.7 Å². The molecule has 0 aliphatic carbocycles. The van der Waals surface area contributed by atoms with E-state index in [2.05, 4.69) is 5.10 Å². The number of hydrogen-bond donors (Lipinski definition) is 1. The van der Waals surface area contributed by atoms with Crippen molar-refractivity contribution < 1.29 is 9.13 Å². The van der Waals surface area contributed by atoms with Crippen LogP contribution < -0.4 is 21.7 Å². The van der Waals surface area contributed by atoms with Crippen molar-refractivity contribution in [2.24, 2.45) is 5.73 Å². The molecule has 180 valence electrons. The Kier molecular flexibility index (Phi) is 7.35. The molecule has 0 saturated carbocycles. The molecule has 1 atom stereocenters. The van der Waals surface area contributed by atoms with E-state index in [1.54, 1.807) is 30.3 Å². The molecule has 0 saturated heterocycles. The summed E-state index contributed by atoms with van der Waals surface area (Å²) in [6.07, 6.45) is -0.243. The first-order valence-electron chi connectivity index (χ1n) is 10.6. The normalized spacial score (nSPS) is 11.9. The molecule has 7 nitrogen and oxygen atoms in total. The number of rotatable bonds is 7. The summed E-state index contributed by atoms with van der Waals surface area (Å²) in [5.74, 6) is -0.279. The molecule has 0 spiro atoms. The van der Waals surface area contributed by atoms with Crippen molar-refractivity contribution in [3.8, 4) is 11.4 Å². The van der Waals surface area contributed by atoms with Crippen LogP contribution in [-0.2, 0) is 13.0 Å². The van der Waals surface area contributed by atoms with Crippen LogP contribution >= 0.6 is 23.2 Å². The summed E-state index contributed by atoms with van der Waals surface area (Å²) in [5.41, 5.74) is 5.79. The molecule has 0 amide bonds. The van der Waals surface area contributed by atoms with E-state index < -0.39 is 23.1 Å². The maximum absolute atomic E-state index is 14.5. The number of nitrogens with zero attached hydrogens (tertiary/aromatic N) is 3. The third-order valence-corrected chi connectivity index (χ3v) is 6.26. The minimum Gasteiger partial charge on any atom is -0.495 e. The summed E-state index contributed by atoms with van der Waals surface area (Å²) in [7, 11) is 1.44. The molecular weight excluding hydrogens is 494 g/mol. The van der Waals surface area contributed by atoms with Crippen molar-refractivity contribution in [3.05, 3.63) is 120 Å². The summed E-state index contributed by atoms with van der Waals surface area (Å²) in [4.78, 5) is 26.8. The first-order valence-corrected chi connectivity index (χ1v) is 11.4. The van der Waals surface area contributed by atoms with Gasteiger partial charge in [0, 0.05) is 23.0 Å². The monoisotopic (exact) mass is 514 g/mol. The van der Waals surface area contributed by atoms with Gasteiger partial charge in [-0.15, -0.1) is 0 Å². The quantitative estimate of drug-likeness (QED) is 0.400. The second-order valence-electron chi connectivity index (χ2n) is 7.74. The molecule has 0 bridgehead atoms. The van der Waals surface area contributed by atoms with Crippen LogP contribution in [0.3, 0.4) is 0 Å². The van der Waals surface area contributed by atoms with Gasteiger partial charge in [-0.05, 0) is 29.8 Å². The summed E-state index contributed by atoms with van der Waals surface area (Å²) < 4.78 is 21.7. The molecule has 35 heavy (non-hydrogen) atoms. The first-order chi connectivity index (χ1) is 16.8. The standard InChI is InChI=1S/C25H21Cl2FN4O3/c1-35-22-12-6-11-21(23(22)27)32-25(34)31(14-19(29)15-7-3-2-4-8-15)24(33)20(30-32)13-16-17(26)9-5-10-18(16)28/h2-12,19H,13-14,29H2,1H3. The highest BCUT2D eigenvalue weighted by molar-refractivity contribution is 6.33. The average molecular weight is 515 g/mol. The third kappa shape index (κ3) is 5.00. The van der Waals surface area contributed by atoms with Crippen molar-refractivity contribution in [1.82, 2.24) is 14.3 Å². The van der Waals surface area contributed by atoms with Gasteiger partial charge in [0.2, 0.25) is 0 Å². The van der Waals surface area contributed by atoms with Crippen LogP contribution in [0.25, 0.3) is 5.69 Å². The molecule has 2 N–H and O–H groups in total. The van der Waals surface area contributed by atoms with Crippen LogP contribution in [0.15, 0.2) is 76.3 Å². The molecule has 0 aliphatic rings. The molecular formula is C25H21Cl2FN4O3. The van der Waals surface area contributed by atoms with Crippen LogP contribution in [-0.4, -0.2) is 21.5 Å². The number of hydrogen-bond acceptors (Lipinski definition) is 5. The Labute approximate surface area is 210 Å². The highest BCUT2D eigenvalue weighted by Crippen LogP contribution is 2.29. The fourth-order valence-corrected chi connectivity index (χ4v) is 4.20. The summed E-state index contributed by atoms with van der Waals surface area (Å²) in [6, 6.07) is 17.4. The second-order valence-corrected chi connectivity index (χ2v) is 8.53. The predicted molar refractivity (Wildman–Crippen MR) is 133 cm³/mol. The number of methoxy groups -OCH3 is 1. The van der Waals surface area contributed by atoms with Crippen LogP contribution in [0.2, 0.25) is 10.0 Å². The lowest BCUT2D eigenvalue weighted by atomic mass is 10.1. The van der Waals surface area contributed by atoms with Crippen LogP contribution in [0.1, 0.15) is 22.9 Å². The predicted octanol–water partition coefficient (Wildman–Crippen LogP) is 4.14. The minimum atomic E-state index is -0.750. The summed E-state index contributed by atoms with van der Waals surface area (Å²) in [6.45, 7) is -0.135. The first kappa shape index (κ1) is 24.7. The number of aromatic nitrogens is 3. The molecule has 10 heteroatoms. The molecule has 0 aliphatic heterocycles. The van der Waals surface area contributed by atoms with Gasteiger partial charge in [-0.25, -0.2) is 9.18 Å². The molecule has 1 heterocycles. The Hall–Kier alpha value is -3.46. The lowest BCUT2D eigenvalue weighted by molar-refractivity contribution is 0.414. The summed E-state index contributed by atoms with van der Waals surface area (Å²) >= 11 is 12.6. The Morgan fingerprint density at radius 2 is 1.74 bits per heavy atom. The van der Waals surface area contributed by atoms with Crippen LogP contribution in [0.5, 0.6) is 5.75 Å². The van der Waals surface area contributed by atoms with Gasteiger partial charge in [0.1, 0.15) is 22.3 Å². The second kappa shape index (κ2) is 10.4. The average Bonchev–Trinajstić information content (AvgIpc) is 2.86. The van der Waals surface area contributed by atoms with E-state index in [-0.39, 0.29) is 40.0 Å². The maximum Gasteiger partial charge on any atom is 0.352 e. The van der Waals surface area contributed by atoms with Crippen LogP contribution in [0.4, 0.5) is 4.39 Å². The van der Waals surface area contributed by atoms with E-state index in [9.17, 15) is 14.0 Å². The van der Waals surface area contributed by atoms with Gasteiger partial charge in [-0.2, -0.15) is 9.78 Å². The highest BCUT2D eigenvalue weighted by atomic mass is 35.5. The van der Waals surface area contributed by atoms with Crippen molar-refractivity contribution in [1.29, 1.82) is 0 Å². The lowest BCUT2D eigenvalue weighted by Gasteiger charge is -2.17. The van der Waals surface area contributed by atoms with E-state index in [1.165, 1.54) is 25.3 Å². The van der Waals surface area contributed by atoms with Crippen molar-refractivity contribution in [2.45, 2.75) is 19.0 Å². The topological polar surface area (TPSA) is 92.1 Å². The zero-order valence-electron chi connectivity index (χ0n) is 18.6. The lowest BCUT2D eigenvalue weighted by Crippen LogP contribution is -2.45.